The number of nitrogens with zero attached hydrogens (tertiary/aromatic N) is 2. The quantitative estimate of drug-likeness (QED) is 0.861. The molecule has 0 spiro atoms. The number of carbonyl (C=O) groups excluding carboxylic acids is 1. The Morgan fingerprint density at radius 1 is 1.53 bits per heavy atom. The van der Waals surface area contributed by atoms with Crippen LogP contribution in [-0.2, 0) is 4.79 Å². The number of hydrogen-bond donors (Lipinski definition) is 1. The molecule has 1 N–H and O–H groups in total. The highest BCUT2D eigenvalue weighted by Gasteiger charge is 2.23. The van der Waals surface area contributed by atoms with E-state index in [1.54, 1.807) is 11.8 Å². The zero-order valence-corrected chi connectivity index (χ0v) is 9.51. The molecule has 4 nitrogen and oxygen atoms in total. The van der Waals surface area contributed by atoms with Crippen LogP contribution in [0.25, 0.3) is 0 Å². The highest BCUT2D eigenvalue weighted by Crippen LogP contribution is 2.25. The van der Waals surface area contributed by atoms with Crippen molar-refractivity contribution in [3.8, 4) is 0 Å². The summed E-state index contributed by atoms with van der Waals surface area (Å²) in [5.41, 5.74) is 0. The average Bonchev–Trinajstić information content (AvgIpc) is 2.74. The van der Waals surface area contributed by atoms with E-state index in [1.807, 2.05) is 0 Å². The van der Waals surface area contributed by atoms with Crippen LogP contribution in [0.1, 0.15) is 6.42 Å². The van der Waals surface area contributed by atoms with Crippen LogP contribution in [-0.4, -0.2) is 27.4 Å². The number of aromatic nitrogens is 2. The van der Waals surface area contributed by atoms with E-state index in [4.69, 9.17) is 11.6 Å². The van der Waals surface area contributed by atoms with Crippen molar-refractivity contribution < 1.29 is 4.79 Å². The number of halogens is 1. The van der Waals surface area contributed by atoms with Crippen molar-refractivity contribution >= 4 is 35.1 Å². The summed E-state index contributed by atoms with van der Waals surface area (Å²) in [4.78, 5) is 19.5. The van der Waals surface area contributed by atoms with Crippen LogP contribution < -0.4 is 5.32 Å². The zero-order chi connectivity index (χ0) is 10.7. The topological polar surface area (TPSA) is 54.9 Å². The van der Waals surface area contributed by atoms with Gasteiger partial charge in [0, 0.05) is 24.1 Å². The minimum absolute atomic E-state index is 0.0117. The van der Waals surface area contributed by atoms with Crippen LogP contribution in [0.3, 0.4) is 0 Å². The van der Waals surface area contributed by atoms with Gasteiger partial charge in [0.1, 0.15) is 0 Å². The van der Waals surface area contributed by atoms with E-state index in [0.717, 1.165) is 17.9 Å². The molecule has 1 saturated heterocycles. The van der Waals surface area contributed by atoms with E-state index >= 15 is 0 Å². The lowest BCUT2D eigenvalue weighted by atomic mass is 10.1. The van der Waals surface area contributed by atoms with Crippen molar-refractivity contribution in [2.45, 2.75) is 6.42 Å². The summed E-state index contributed by atoms with van der Waals surface area (Å²) in [6.07, 6.45) is 3.92. The van der Waals surface area contributed by atoms with E-state index in [0.29, 0.717) is 5.82 Å². The fraction of sp³-hybridized carbons (Fsp3) is 0.444. The lowest BCUT2D eigenvalue weighted by Gasteiger charge is -2.09. The minimum Gasteiger partial charge on any atom is -0.308 e. The summed E-state index contributed by atoms with van der Waals surface area (Å²) in [7, 11) is 0. The van der Waals surface area contributed by atoms with Crippen LogP contribution in [0.5, 0.6) is 0 Å². The molecular formula is C9H10ClN3OS. The smallest absolute Gasteiger partial charge is 0.229 e. The normalized spacial score (nSPS) is 20.2. The van der Waals surface area contributed by atoms with Gasteiger partial charge in [0.2, 0.25) is 5.91 Å². The van der Waals surface area contributed by atoms with Crippen LogP contribution in [0.15, 0.2) is 12.4 Å². The first kappa shape index (κ1) is 10.7. The van der Waals surface area contributed by atoms with Crippen molar-refractivity contribution in [1.82, 2.24) is 9.97 Å². The van der Waals surface area contributed by atoms with Crippen molar-refractivity contribution in [2.24, 2.45) is 5.92 Å². The summed E-state index contributed by atoms with van der Waals surface area (Å²) < 4.78 is 0. The molecule has 6 heteroatoms. The third-order valence-electron chi connectivity index (χ3n) is 2.20. The van der Waals surface area contributed by atoms with Gasteiger partial charge < -0.3 is 5.32 Å². The van der Waals surface area contributed by atoms with Gasteiger partial charge in [-0.25, -0.2) is 9.97 Å². The van der Waals surface area contributed by atoms with Gasteiger partial charge >= 0.3 is 0 Å². The summed E-state index contributed by atoms with van der Waals surface area (Å²) in [5, 5.41) is 2.93. The maximum absolute atomic E-state index is 11.7. The molecule has 0 bridgehead atoms. The molecule has 80 valence electrons. The Hall–Kier alpha value is -0.810. The van der Waals surface area contributed by atoms with Gasteiger partial charge in [-0.15, -0.1) is 0 Å². The third-order valence-corrected chi connectivity index (χ3v) is 3.63. The maximum atomic E-state index is 11.7. The third kappa shape index (κ3) is 2.60. The Labute approximate surface area is 96.8 Å². The predicted octanol–water partition coefficient (Wildman–Crippen LogP) is 1.82. The van der Waals surface area contributed by atoms with Crippen LogP contribution in [0.2, 0.25) is 5.15 Å². The van der Waals surface area contributed by atoms with Crippen molar-refractivity contribution in [2.75, 3.05) is 16.8 Å². The predicted molar refractivity (Wildman–Crippen MR) is 61.1 cm³/mol. The molecule has 0 saturated carbocycles. The first-order valence-electron chi connectivity index (χ1n) is 4.62. The molecule has 1 aromatic rings. The molecular weight excluding hydrogens is 234 g/mol. The van der Waals surface area contributed by atoms with E-state index in [1.165, 1.54) is 12.4 Å². The van der Waals surface area contributed by atoms with E-state index in [2.05, 4.69) is 15.3 Å². The summed E-state index contributed by atoms with van der Waals surface area (Å²) >= 11 is 7.58. The van der Waals surface area contributed by atoms with Crippen molar-refractivity contribution in [3.63, 3.8) is 0 Å². The molecule has 1 unspecified atom stereocenters. The highest BCUT2D eigenvalue weighted by molar-refractivity contribution is 7.99. The number of amides is 1. The summed E-state index contributed by atoms with van der Waals surface area (Å²) in [5.74, 6) is 2.34. The maximum Gasteiger partial charge on any atom is 0.229 e. The van der Waals surface area contributed by atoms with Gasteiger partial charge in [-0.2, -0.15) is 11.8 Å². The number of carbonyl (C=O) groups is 1. The molecule has 1 aliphatic rings. The van der Waals surface area contributed by atoms with Gasteiger partial charge in [-0.05, 0) is 12.2 Å². The zero-order valence-electron chi connectivity index (χ0n) is 7.94. The van der Waals surface area contributed by atoms with Gasteiger partial charge in [0.05, 0.1) is 0 Å². The summed E-state index contributed by atoms with van der Waals surface area (Å²) in [6, 6.07) is 0. The van der Waals surface area contributed by atoms with Crippen molar-refractivity contribution in [1.29, 1.82) is 0 Å². The number of nitrogens with one attached hydrogen (secondary N) is 1. The van der Waals surface area contributed by atoms with Gasteiger partial charge in [-0.1, -0.05) is 11.6 Å². The highest BCUT2D eigenvalue weighted by atomic mass is 35.5. The van der Waals surface area contributed by atoms with Crippen LogP contribution in [0.4, 0.5) is 5.82 Å². The standard InChI is InChI=1S/C9H10ClN3OS/c10-7-8(12-3-2-11-7)13-9(14)6-1-4-15-5-6/h2-3,6H,1,4-5H2,(H,12,13,14). The molecule has 0 aliphatic carbocycles. The molecule has 1 fully saturated rings. The Balaban J connectivity index is 2.02. The Morgan fingerprint density at radius 3 is 3.00 bits per heavy atom. The van der Waals surface area contributed by atoms with Crippen LogP contribution >= 0.6 is 23.4 Å². The largest absolute Gasteiger partial charge is 0.308 e. The fourth-order valence-corrected chi connectivity index (χ4v) is 2.74. The first-order valence-corrected chi connectivity index (χ1v) is 6.16. The number of hydrogen-bond acceptors (Lipinski definition) is 4. The second kappa shape index (κ2) is 4.81. The molecule has 1 atom stereocenters. The lowest BCUT2D eigenvalue weighted by Crippen LogP contribution is -2.23. The lowest BCUT2D eigenvalue weighted by molar-refractivity contribution is -0.119. The Morgan fingerprint density at radius 2 is 2.33 bits per heavy atom. The van der Waals surface area contributed by atoms with Crippen LogP contribution in [0, 0.1) is 5.92 Å². The first-order chi connectivity index (χ1) is 7.27. The number of anilines is 1. The minimum atomic E-state index is -0.0117. The van der Waals surface area contributed by atoms with Gasteiger partial charge in [-0.3, -0.25) is 4.79 Å². The number of thioether (sulfide) groups is 1. The van der Waals surface area contributed by atoms with E-state index in [-0.39, 0.29) is 17.0 Å². The van der Waals surface area contributed by atoms with Gasteiger partial charge in [0.15, 0.2) is 11.0 Å². The molecule has 1 amide bonds. The summed E-state index contributed by atoms with van der Waals surface area (Å²) in [6.45, 7) is 0. The van der Waals surface area contributed by atoms with Gasteiger partial charge in [0.25, 0.3) is 0 Å². The SMILES string of the molecule is O=C(Nc1nccnc1Cl)C1CCSC1. The monoisotopic (exact) mass is 243 g/mol. The molecule has 1 aliphatic heterocycles. The molecule has 2 heterocycles. The second-order valence-corrected chi connectivity index (χ2v) is 4.75. The van der Waals surface area contributed by atoms with E-state index < -0.39 is 0 Å². The Bertz CT molecular complexity index is 368. The molecule has 0 radical (unpaired) electrons. The molecule has 2 rings (SSSR count). The van der Waals surface area contributed by atoms with E-state index in [9.17, 15) is 4.79 Å². The number of rotatable bonds is 2. The Kier molecular flexibility index (Phi) is 3.43. The second-order valence-electron chi connectivity index (χ2n) is 3.25. The van der Waals surface area contributed by atoms with Crippen molar-refractivity contribution in [3.05, 3.63) is 17.5 Å². The fourth-order valence-electron chi connectivity index (χ4n) is 1.36. The average molecular weight is 244 g/mol. The molecule has 0 aromatic carbocycles. The molecule has 1 aromatic heterocycles. The molecule has 15 heavy (non-hydrogen) atoms.